The standard InChI is InChI=1S/C15H15F3N2O5/c16-15(17,18)11-7-20(6-10(11)13(23)24)14(25)19-5-8-1-3-9(4-2-8)12(21)22/h1-4,10-11H,5-7H2,(H,19,25)(H,21,22)(H,23,24)/t10-,11-/m1/s1. The predicted molar refractivity (Wildman–Crippen MR) is 77.9 cm³/mol. The normalized spacial score (nSPS) is 20.4. The van der Waals surface area contributed by atoms with Gasteiger partial charge < -0.3 is 20.4 Å². The number of likely N-dealkylation sites (tertiary alicyclic amines) is 1. The minimum absolute atomic E-state index is 0.0242. The van der Waals surface area contributed by atoms with E-state index in [4.69, 9.17) is 10.2 Å². The summed E-state index contributed by atoms with van der Waals surface area (Å²) in [5.41, 5.74) is 0.617. The Balaban J connectivity index is 1.97. The molecule has 1 heterocycles. The SMILES string of the molecule is O=C(O)c1ccc(CNC(=O)N2C[C@@H](C(F)(F)F)[C@H](C(=O)O)C2)cc1. The minimum atomic E-state index is -4.70. The van der Waals surface area contributed by atoms with Crippen LogP contribution in [0.2, 0.25) is 0 Å². The summed E-state index contributed by atoms with van der Waals surface area (Å²) in [4.78, 5) is 34.5. The Morgan fingerprint density at radius 3 is 2.16 bits per heavy atom. The monoisotopic (exact) mass is 360 g/mol. The van der Waals surface area contributed by atoms with Crippen LogP contribution in [0.3, 0.4) is 0 Å². The second kappa shape index (κ2) is 6.99. The van der Waals surface area contributed by atoms with E-state index in [2.05, 4.69) is 5.32 Å². The zero-order valence-corrected chi connectivity index (χ0v) is 12.8. The fraction of sp³-hybridized carbons (Fsp3) is 0.400. The molecular formula is C15H15F3N2O5. The average Bonchev–Trinajstić information content (AvgIpc) is 2.99. The Morgan fingerprint density at radius 1 is 1.12 bits per heavy atom. The minimum Gasteiger partial charge on any atom is -0.481 e. The maximum absolute atomic E-state index is 12.9. The molecule has 25 heavy (non-hydrogen) atoms. The number of aliphatic carboxylic acids is 1. The largest absolute Gasteiger partial charge is 0.481 e. The van der Waals surface area contributed by atoms with Gasteiger partial charge in [-0.15, -0.1) is 0 Å². The molecule has 0 bridgehead atoms. The lowest BCUT2D eigenvalue weighted by Gasteiger charge is -2.18. The number of hydrogen-bond donors (Lipinski definition) is 3. The van der Waals surface area contributed by atoms with Crippen LogP contribution in [0, 0.1) is 11.8 Å². The molecule has 0 radical (unpaired) electrons. The maximum atomic E-state index is 12.9. The summed E-state index contributed by atoms with van der Waals surface area (Å²) >= 11 is 0. The van der Waals surface area contributed by atoms with Gasteiger partial charge in [-0.1, -0.05) is 12.1 Å². The van der Waals surface area contributed by atoms with Crippen molar-refractivity contribution in [2.45, 2.75) is 12.7 Å². The Hall–Kier alpha value is -2.78. The summed E-state index contributed by atoms with van der Waals surface area (Å²) in [5.74, 6) is -6.50. The number of hydrogen-bond acceptors (Lipinski definition) is 3. The molecule has 3 N–H and O–H groups in total. The van der Waals surface area contributed by atoms with Gasteiger partial charge in [-0.05, 0) is 17.7 Å². The summed E-state index contributed by atoms with van der Waals surface area (Å²) in [6.07, 6.45) is -4.70. The molecule has 7 nitrogen and oxygen atoms in total. The van der Waals surface area contributed by atoms with Gasteiger partial charge in [-0.3, -0.25) is 4.79 Å². The van der Waals surface area contributed by atoms with Gasteiger partial charge in [0.25, 0.3) is 0 Å². The van der Waals surface area contributed by atoms with E-state index in [-0.39, 0.29) is 12.1 Å². The molecule has 1 fully saturated rings. The van der Waals surface area contributed by atoms with Crippen molar-refractivity contribution in [3.63, 3.8) is 0 Å². The lowest BCUT2D eigenvalue weighted by atomic mass is 9.96. The van der Waals surface area contributed by atoms with Crippen molar-refractivity contribution in [2.24, 2.45) is 11.8 Å². The third-order valence-corrected chi connectivity index (χ3v) is 3.99. The smallest absolute Gasteiger partial charge is 0.394 e. The van der Waals surface area contributed by atoms with Crippen molar-refractivity contribution >= 4 is 18.0 Å². The van der Waals surface area contributed by atoms with Crippen LogP contribution in [-0.4, -0.2) is 52.3 Å². The molecule has 0 saturated carbocycles. The van der Waals surface area contributed by atoms with Gasteiger partial charge in [0.05, 0.1) is 17.4 Å². The second-order valence-corrected chi connectivity index (χ2v) is 5.66. The molecule has 2 atom stereocenters. The third kappa shape index (κ3) is 4.40. The van der Waals surface area contributed by atoms with E-state index < -0.39 is 49.1 Å². The van der Waals surface area contributed by atoms with Crippen LogP contribution in [0.4, 0.5) is 18.0 Å². The van der Waals surface area contributed by atoms with E-state index >= 15 is 0 Å². The first kappa shape index (κ1) is 18.6. The fourth-order valence-electron chi connectivity index (χ4n) is 2.61. The van der Waals surface area contributed by atoms with Gasteiger partial charge in [0, 0.05) is 19.6 Å². The quantitative estimate of drug-likeness (QED) is 0.759. The number of amides is 2. The van der Waals surface area contributed by atoms with Crippen LogP contribution >= 0.6 is 0 Å². The number of benzene rings is 1. The molecule has 0 spiro atoms. The number of urea groups is 1. The topological polar surface area (TPSA) is 107 Å². The number of halogens is 3. The lowest BCUT2D eigenvalue weighted by Crippen LogP contribution is -2.39. The van der Waals surface area contributed by atoms with Crippen molar-refractivity contribution in [3.8, 4) is 0 Å². The van der Waals surface area contributed by atoms with E-state index in [0.717, 1.165) is 4.90 Å². The van der Waals surface area contributed by atoms with Crippen LogP contribution < -0.4 is 5.32 Å². The molecule has 2 amide bonds. The molecule has 136 valence electrons. The van der Waals surface area contributed by atoms with Gasteiger partial charge in [-0.25, -0.2) is 9.59 Å². The first-order chi connectivity index (χ1) is 11.6. The number of carbonyl (C=O) groups excluding carboxylic acids is 1. The number of carbonyl (C=O) groups is 3. The Bertz CT molecular complexity index is 675. The zero-order valence-electron chi connectivity index (χ0n) is 12.8. The number of carboxylic acids is 2. The van der Waals surface area contributed by atoms with Crippen molar-refractivity contribution in [3.05, 3.63) is 35.4 Å². The number of alkyl halides is 3. The van der Waals surface area contributed by atoms with E-state index in [1.54, 1.807) is 0 Å². The third-order valence-electron chi connectivity index (χ3n) is 3.99. The number of carboxylic acid groups (broad SMARTS) is 2. The molecular weight excluding hydrogens is 345 g/mol. The number of rotatable bonds is 4. The van der Waals surface area contributed by atoms with Crippen LogP contribution in [-0.2, 0) is 11.3 Å². The van der Waals surface area contributed by atoms with Gasteiger partial charge in [0.2, 0.25) is 0 Å². The predicted octanol–water partition coefficient (Wildman–Crippen LogP) is 1.79. The van der Waals surface area contributed by atoms with E-state index in [1.165, 1.54) is 24.3 Å². The molecule has 1 aliphatic heterocycles. The van der Waals surface area contributed by atoms with Crippen LogP contribution in [0.5, 0.6) is 0 Å². The second-order valence-electron chi connectivity index (χ2n) is 5.66. The molecule has 0 aromatic heterocycles. The average molecular weight is 360 g/mol. The Labute approximate surface area is 140 Å². The number of aromatic carboxylic acids is 1. The van der Waals surface area contributed by atoms with Crippen LogP contribution in [0.1, 0.15) is 15.9 Å². The van der Waals surface area contributed by atoms with Crippen molar-refractivity contribution in [1.82, 2.24) is 10.2 Å². The maximum Gasteiger partial charge on any atom is 0.394 e. The van der Waals surface area contributed by atoms with Crippen molar-refractivity contribution in [2.75, 3.05) is 13.1 Å². The van der Waals surface area contributed by atoms with Gasteiger partial charge in [0.15, 0.2) is 0 Å². The first-order valence-corrected chi connectivity index (χ1v) is 7.24. The summed E-state index contributed by atoms with van der Waals surface area (Å²) in [7, 11) is 0. The summed E-state index contributed by atoms with van der Waals surface area (Å²) < 4.78 is 38.7. The molecule has 0 unspecified atom stereocenters. The molecule has 10 heteroatoms. The van der Waals surface area contributed by atoms with Gasteiger partial charge in [-0.2, -0.15) is 13.2 Å². The highest BCUT2D eigenvalue weighted by Crippen LogP contribution is 2.37. The van der Waals surface area contributed by atoms with Gasteiger partial charge >= 0.3 is 24.1 Å². The zero-order chi connectivity index (χ0) is 18.8. The Kier molecular flexibility index (Phi) is 5.19. The van der Waals surface area contributed by atoms with E-state index in [0.29, 0.717) is 5.56 Å². The van der Waals surface area contributed by atoms with Gasteiger partial charge in [0.1, 0.15) is 0 Å². The highest BCUT2D eigenvalue weighted by atomic mass is 19.4. The van der Waals surface area contributed by atoms with Crippen LogP contribution in [0.15, 0.2) is 24.3 Å². The van der Waals surface area contributed by atoms with Crippen molar-refractivity contribution in [1.29, 1.82) is 0 Å². The molecule has 1 aliphatic rings. The lowest BCUT2D eigenvalue weighted by molar-refractivity contribution is -0.187. The Morgan fingerprint density at radius 2 is 1.72 bits per heavy atom. The summed E-state index contributed by atoms with van der Waals surface area (Å²) in [5, 5.41) is 20.1. The highest BCUT2D eigenvalue weighted by Gasteiger charge is 2.53. The summed E-state index contributed by atoms with van der Waals surface area (Å²) in [6.45, 7) is -1.27. The van der Waals surface area contributed by atoms with Crippen LogP contribution in [0.25, 0.3) is 0 Å². The number of nitrogens with zero attached hydrogens (tertiary/aromatic N) is 1. The highest BCUT2D eigenvalue weighted by molar-refractivity contribution is 5.87. The molecule has 0 aliphatic carbocycles. The van der Waals surface area contributed by atoms with Crippen molar-refractivity contribution < 1.29 is 37.8 Å². The first-order valence-electron chi connectivity index (χ1n) is 7.24. The fourth-order valence-corrected chi connectivity index (χ4v) is 2.61. The number of nitrogens with one attached hydrogen (secondary N) is 1. The van der Waals surface area contributed by atoms with E-state index in [1.807, 2.05) is 0 Å². The molecule has 1 aromatic rings. The molecule has 1 saturated heterocycles. The van der Waals surface area contributed by atoms with E-state index in [9.17, 15) is 27.6 Å². The molecule has 1 aromatic carbocycles. The molecule has 2 rings (SSSR count). The summed E-state index contributed by atoms with van der Waals surface area (Å²) in [6, 6.07) is 4.79.